The molecule has 0 spiro atoms. The predicted molar refractivity (Wildman–Crippen MR) is 97.4 cm³/mol. The lowest BCUT2D eigenvalue weighted by molar-refractivity contribution is -0.0259. The van der Waals surface area contributed by atoms with Gasteiger partial charge in [0.05, 0.1) is 5.60 Å². The van der Waals surface area contributed by atoms with Crippen LogP contribution in [0.15, 0.2) is 30.3 Å². The van der Waals surface area contributed by atoms with Crippen LogP contribution >= 0.6 is 0 Å². The summed E-state index contributed by atoms with van der Waals surface area (Å²) in [4.78, 5) is 0. The molecule has 0 aliphatic rings. The molecule has 0 radical (unpaired) electrons. The van der Waals surface area contributed by atoms with Gasteiger partial charge in [0.2, 0.25) is 0 Å². The van der Waals surface area contributed by atoms with Gasteiger partial charge in [-0.1, -0.05) is 82.2 Å². The lowest BCUT2D eigenvalue weighted by Gasteiger charge is -2.25. The second-order valence-electron chi connectivity index (χ2n) is 7.07. The Morgan fingerprint density at radius 2 is 1.45 bits per heavy atom. The maximum absolute atomic E-state index is 6.10. The van der Waals surface area contributed by atoms with E-state index in [4.69, 9.17) is 4.74 Å². The lowest BCUT2D eigenvalue weighted by Crippen LogP contribution is -2.25. The van der Waals surface area contributed by atoms with E-state index >= 15 is 0 Å². The van der Waals surface area contributed by atoms with Crippen molar-refractivity contribution >= 4 is 0 Å². The Bertz CT molecular complexity index is 355. The van der Waals surface area contributed by atoms with Crippen LogP contribution in [0.25, 0.3) is 0 Å². The molecular weight excluding hydrogens is 268 g/mol. The van der Waals surface area contributed by atoms with Gasteiger partial charge in [-0.05, 0) is 38.7 Å². The molecule has 1 heteroatoms. The van der Waals surface area contributed by atoms with E-state index in [2.05, 4.69) is 51.1 Å². The molecule has 0 amide bonds. The minimum absolute atomic E-state index is 0.0418. The van der Waals surface area contributed by atoms with E-state index in [0.29, 0.717) is 0 Å². The summed E-state index contributed by atoms with van der Waals surface area (Å²) in [6, 6.07) is 10.7. The Labute approximate surface area is 138 Å². The van der Waals surface area contributed by atoms with Crippen molar-refractivity contribution in [1.82, 2.24) is 0 Å². The predicted octanol–water partition coefficient (Wildman–Crippen LogP) is 6.56. The van der Waals surface area contributed by atoms with Crippen LogP contribution in [-0.4, -0.2) is 12.2 Å². The third-order valence-corrected chi connectivity index (χ3v) is 4.33. The highest BCUT2D eigenvalue weighted by Crippen LogP contribution is 2.20. The average molecular weight is 305 g/mol. The number of hydrogen-bond donors (Lipinski definition) is 0. The second-order valence-corrected chi connectivity index (χ2v) is 7.07. The summed E-state index contributed by atoms with van der Waals surface area (Å²) in [7, 11) is 0. The molecule has 0 atom stereocenters. The Morgan fingerprint density at radius 1 is 0.818 bits per heavy atom. The molecule has 0 aromatic heterocycles. The number of ether oxygens (including phenoxy) is 1. The highest BCUT2D eigenvalue weighted by atomic mass is 16.5. The van der Waals surface area contributed by atoms with Gasteiger partial charge < -0.3 is 4.74 Å². The molecule has 0 N–H and O–H groups in total. The molecule has 0 unspecified atom stereocenters. The van der Waals surface area contributed by atoms with Crippen LogP contribution in [0.4, 0.5) is 0 Å². The summed E-state index contributed by atoms with van der Waals surface area (Å²) in [6.45, 7) is 7.63. The molecule has 0 aliphatic heterocycles. The molecule has 0 bridgehead atoms. The molecule has 1 nitrogen and oxygen atoms in total. The zero-order valence-electron chi connectivity index (χ0n) is 15.1. The Balaban J connectivity index is 2.01. The van der Waals surface area contributed by atoms with Gasteiger partial charge in [0.15, 0.2) is 0 Å². The largest absolute Gasteiger partial charge is 0.376 e. The van der Waals surface area contributed by atoms with E-state index < -0.39 is 0 Å². The van der Waals surface area contributed by atoms with E-state index in [1.54, 1.807) is 0 Å². The number of hydrogen-bond acceptors (Lipinski definition) is 1. The van der Waals surface area contributed by atoms with E-state index in [9.17, 15) is 0 Å². The first-order valence-electron chi connectivity index (χ1n) is 9.32. The molecular formula is C21H36O. The minimum atomic E-state index is 0.0418. The number of rotatable bonds is 13. The molecule has 0 fully saturated rings. The van der Waals surface area contributed by atoms with E-state index in [-0.39, 0.29) is 5.60 Å². The molecule has 0 heterocycles. The summed E-state index contributed by atoms with van der Waals surface area (Å²) < 4.78 is 6.10. The first-order valence-corrected chi connectivity index (χ1v) is 9.32. The highest BCUT2D eigenvalue weighted by Gasteiger charge is 2.17. The Kier molecular flexibility index (Phi) is 10.2. The van der Waals surface area contributed by atoms with Crippen LogP contribution in [0.3, 0.4) is 0 Å². The van der Waals surface area contributed by atoms with Crippen molar-refractivity contribution in [2.24, 2.45) is 0 Å². The molecule has 1 aromatic rings. The summed E-state index contributed by atoms with van der Waals surface area (Å²) in [5.74, 6) is 0. The van der Waals surface area contributed by atoms with Gasteiger partial charge in [0, 0.05) is 6.61 Å². The van der Waals surface area contributed by atoms with Crippen molar-refractivity contribution in [3.63, 3.8) is 0 Å². The maximum atomic E-state index is 6.10. The summed E-state index contributed by atoms with van der Waals surface area (Å²) in [5, 5.41) is 0. The third kappa shape index (κ3) is 10.00. The van der Waals surface area contributed by atoms with Gasteiger partial charge in [-0.2, -0.15) is 0 Å². The van der Waals surface area contributed by atoms with Crippen molar-refractivity contribution in [3.05, 3.63) is 35.9 Å². The van der Waals surface area contributed by atoms with Crippen molar-refractivity contribution in [2.75, 3.05) is 6.61 Å². The van der Waals surface area contributed by atoms with Gasteiger partial charge in [-0.3, -0.25) is 0 Å². The topological polar surface area (TPSA) is 9.23 Å². The highest BCUT2D eigenvalue weighted by molar-refractivity contribution is 5.14. The van der Waals surface area contributed by atoms with Crippen molar-refractivity contribution in [1.29, 1.82) is 0 Å². The fourth-order valence-corrected chi connectivity index (χ4v) is 2.85. The van der Waals surface area contributed by atoms with E-state index in [1.807, 2.05) is 0 Å². The first-order chi connectivity index (χ1) is 10.6. The smallest absolute Gasteiger partial charge is 0.0626 e. The molecule has 1 aromatic carbocycles. The Morgan fingerprint density at radius 3 is 2.14 bits per heavy atom. The zero-order valence-corrected chi connectivity index (χ0v) is 15.1. The van der Waals surface area contributed by atoms with Crippen molar-refractivity contribution in [3.8, 4) is 0 Å². The SMILES string of the molecule is CCCCCCCCCC(C)(C)OCCCc1ccccc1. The van der Waals surface area contributed by atoms with Gasteiger partial charge in [0.1, 0.15) is 0 Å². The monoisotopic (exact) mass is 304 g/mol. The quantitative estimate of drug-likeness (QED) is 0.375. The Hall–Kier alpha value is -0.820. The summed E-state index contributed by atoms with van der Waals surface area (Å²) >= 11 is 0. The summed E-state index contributed by atoms with van der Waals surface area (Å²) in [5.41, 5.74) is 1.45. The minimum Gasteiger partial charge on any atom is -0.376 e. The average Bonchev–Trinajstić information content (AvgIpc) is 2.52. The molecule has 0 saturated heterocycles. The second kappa shape index (κ2) is 11.7. The standard InChI is InChI=1S/C21H36O/c1-4-5-6-7-8-9-13-18-21(2,3)22-19-14-17-20-15-11-10-12-16-20/h10-12,15-16H,4-9,13-14,17-19H2,1-3H3. The van der Waals surface area contributed by atoms with Crippen LogP contribution in [-0.2, 0) is 11.2 Å². The fraction of sp³-hybridized carbons (Fsp3) is 0.714. The lowest BCUT2D eigenvalue weighted by atomic mass is 9.99. The molecule has 0 saturated carbocycles. The zero-order chi connectivity index (χ0) is 16.1. The van der Waals surface area contributed by atoms with E-state index in [1.165, 1.54) is 56.9 Å². The fourth-order valence-electron chi connectivity index (χ4n) is 2.85. The van der Waals surface area contributed by atoms with Crippen molar-refractivity contribution < 1.29 is 4.74 Å². The van der Waals surface area contributed by atoms with E-state index in [0.717, 1.165) is 19.4 Å². The number of aryl methyl sites for hydroxylation is 1. The normalized spacial score (nSPS) is 11.8. The molecule has 22 heavy (non-hydrogen) atoms. The molecule has 126 valence electrons. The van der Waals surface area contributed by atoms with Crippen LogP contribution in [0.5, 0.6) is 0 Å². The van der Waals surface area contributed by atoms with Crippen LogP contribution in [0.1, 0.15) is 84.1 Å². The number of benzene rings is 1. The van der Waals surface area contributed by atoms with Crippen LogP contribution in [0.2, 0.25) is 0 Å². The third-order valence-electron chi connectivity index (χ3n) is 4.33. The molecule has 0 aliphatic carbocycles. The maximum Gasteiger partial charge on any atom is 0.0626 e. The van der Waals surface area contributed by atoms with Crippen LogP contribution < -0.4 is 0 Å². The molecule has 1 rings (SSSR count). The summed E-state index contributed by atoms with van der Waals surface area (Å²) in [6.07, 6.45) is 13.0. The number of unbranched alkanes of at least 4 members (excludes halogenated alkanes) is 6. The van der Waals surface area contributed by atoms with Gasteiger partial charge in [-0.15, -0.1) is 0 Å². The first kappa shape index (κ1) is 19.2. The van der Waals surface area contributed by atoms with Gasteiger partial charge >= 0.3 is 0 Å². The van der Waals surface area contributed by atoms with Crippen LogP contribution in [0, 0.1) is 0 Å². The van der Waals surface area contributed by atoms with Crippen molar-refractivity contribution in [2.45, 2.75) is 90.6 Å². The van der Waals surface area contributed by atoms with Gasteiger partial charge in [-0.25, -0.2) is 0 Å². The van der Waals surface area contributed by atoms with Gasteiger partial charge in [0.25, 0.3) is 0 Å².